The van der Waals surface area contributed by atoms with Gasteiger partial charge in [-0.05, 0) is 56.0 Å². The van der Waals surface area contributed by atoms with Gasteiger partial charge in [0.05, 0.1) is 0 Å². The number of carbonyl (C=O) groups is 2. The van der Waals surface area contributed by atoms with Crippen LogP contribution in [-0.2, 0) is 16.0 Å². The van der Waals surface area contributed by atoms with Crippen LogP contribution in [0.25, 0.3) is 21.5 Å². The highest BCUT2D eigenvalue weighted by Gasteiger charge is 2.33. The molecule has 1 unspecified atom stereocenters. The molecule has 1 aliphatic rings. The van der Waals surface area contributed by atoms with Gasteiger partial charge in [-0.25, -0.2) is 9.59 Å². The lowest BCUT2D eigenvalue weighted by Crippen LogP contribution is -2.21. The Hall–Kier alpha value is -4.38. The monoisotopic (exact) mass is 492 g/mol. The zero-order valence-electron chi connectivity index (χ0n) is 21.0. The van der Waals surface area contributed by atoms with Crippen LogP contribution >= 0.6 is 0 Å². The summed E-state index contributed by atoms with van der Waals surface area (Å²) in [6.07, 6.45) is 1.76. The summed E-state index contributed by atoms with van der Waals surface area (Å²) in [4.78, 5) is 25.4. The first kappa shape index (κ1) is 24.3. The fourth-order valence-corrected chi connectivity index (χ4v) is 4.75. The number of rotatable bonds is 6. The van der Waals surface area contributed by atoms with E-state index in [0.717, 1.165) is 28.3 Å². The number of hydrogen-bond donors (Lipinski definition) is 0. The summed E-state index contributed by atoms with van der Waals surface area (Å²) >= 11 is 0. The second kappa shape index (κ2) is 9.94. The molecule has 0 spiro atoms. The molecule has 0 N–H and O–H groups in total. The molecule has 5 heteroatoms. The van der Waals surface area contributed by atoms with Crippen LogP contribution in [0.15, 0.2) is 91.0 Å². The number of benzene rings is 4. The Morgan fingerprint density at radius 2 is 1.38 bits per heavy atom. The second-order valence-corrected chi connectivity index (χ2v) is 9.44. The number of carbonyl (C=O) groups excluding carboxylic acids is 2. The van der Waals surface area contributed by atoms with Crippen molar-refractivity contribution in [3.8, 4) is 17.2 Å². The highest BCUT2D eigenvalue weighted by Crippen LogP contribution is 2.49. The van der Waals surface area contributed by atoms with Crippen molar-refractivity contribution in [1.29, 1.82) is 0 Å². The predicted molar refractivity (Wildman–Crippen MR) is 145 cm³/mol. The summed E-state index contributed by atoms with van der Waals surface area (Å²) in [6.45, 7) is 10.7. The molecule has 5 rings (SSSR count). The van der Waals surface area contributed by atoms with Crippen molar-refractivity contribution in [3.63, 3.8) is 0 Å². The third kappa shape index (κ3) is 4.73. The number of hydrogen-bond acceptors (Lipinski definition) is 5. The maximum atomic E-state index is 12.7. The number of fused-ring (bicyclic) bond motifs is 3. The second-order valence-electron chi connectivity index (χ2n) is 9.44. The first-order chi connectivity index (χ1) is 17.8. The summed E-state index contributed by atoms with van der Waals surface area (Å²) in [7, 11) is 0. The quantitative estimate of drug-likeness (QED) is 0.159. The lowest BCUT2D eigenvalue weighted by Gasteiger charge is -2.31. The minimum Gasteiger partial charge on any atom is -0.486 e. The van der Waals surface area contributed by atoms with Crippen molar-refractivity contribution in [3.05, 3.63) is 102 Å². The molecule has 0 saturated carbocycles. The SMILES string of the molecule is C=C(C)C(=O)Oc1c2c(c(OC(=O)C(=C)C)c3ccccc13)C(Oc1ccc3ccccc3c1)CCC2. The van der Waals surface area contributed by atoms with E-state index in [1.165, 1.54) is 0 Å². The lowest BCUT2D eigenvalue weighted by molar-refractivity contribution is -0.131. The third-order valence-electron chi connectivity index (χ3n) is 6.56. The predicted octanol–water partition coefficient (Wildman–Crippen LogP) is 7.41. The van der Waals surface area contributed by atoms with Crippen LogP contribution in [-0.4, -0.2) is 11.9 Å². The molecule has 5 nitrogen and oxygen atoms in total. The van der Waals surface area contributed by atoms with Crippen molar-refractivity contribution < 1.29 is 23.8 Å². The highest BCUT2D eigenvalue weighted by atomic mass is 16.5. The van der Waals surface area contributed by atoms with Crippen LogP contribution in [0.2, 0.25) is 0 Å². The van der Waals surface area contributed by atoms with Crippen molar-refractivity contribution in [2.75, 3.05) is 0 Å². The molecule has 0 fully saturated rings. The van der Waals surface area contributed by atoms with Crippen molar-refractivity contribution in [2.24, 2.45) is 0 Å². The lowest BCUT2D eigenvalue weighted by atomic mass is 9.85. The van der Waals surface area contributed by atoms with Gasteiger partial charge in [-0.2, -0.15) is 0 Å². The molecule has 4 aromatic carbocycles. The van der Waals surface area contributed by atoms with Gasteiger partial charge in [0.15, 0.2) is 0 Å². The van der Waals surface area contributed by atoms with Gasteiger partial charge in [0.1, 0.15) is 23.4 Å². The summed E-state index contributed by atoms with van der Waals surface area (Å²) in [5.74, 6) is 0.563. The van der Waals surface area contributed by atoms with Crippen LogP contribution < -0.4 is 14.2 Å². The van der Waals surface area contributed by atoms with Crippen LogP contribution in [0, 0.1) is 0 Å². The summed E-state index contributed by atoms with van der Waals surface area (Å²) in [5.41, 5.74) is 2.11. The fraction of sp³-hybridized carbons (Fsp3) is 0.188. The molecule has 0 amide bonds. The smallest absolute Gasteiger partial charge is 0.338 e. The van der Waals surface area contributed by atoms with E-state index in [4.69, 9.17) is 14.2 Å². The van der Waals surface area contributed by atoms with E-state index in [2.05, 4.69) is 19.2 Å². The average Bonchev–Trinajstić information content (AvgIpc) is 2.90. The zero-order chi connectivity index (χ0) is 26.1. The van der Waals surface area contributed by atoms with Gasteiger partial charge >= 0.3 is 11.9 Å². The van der Waals surface area contributed by atoms with Crippen molar-refractivity contribution >= 4 is 33.5 Å². The first-order valence-electron chi connectivity index (χ1n) is 12.3. The summed E-state index contributed by atoms with van der Waals surface area (Å²) in [6, 6.07) is 21.5. The third-order valence-corrected chi connectivity index (χ3v) is 6.56. The van der Waals surface area contributed by atoms with E-state index in [1.807, 2.05) is 60.7 Å². The number of ether oxygens (including phenoxy) is 3. The summed E-state index contributed by atoms with van der Waals surface area (Å²) in [5, 5.41) is 3.54. The van der Waals surface area contributed by atoms with Crippen LogP contribution in [0.3, 0.4) is 0 Å². The van der Waals surface area contributed by atoms with Crippen molar-refractivity contribution in [1.82, 2.24) is 0 Å². The minimum absolute atomic E-state index is 0.290. The largest absolute Gasteiger partial charge is 0.486 e. The molecule has 0 radical (unpaired) electrons. The molecule has 0 aromatic heterocycles. The van der Waals surface area contributed by atoms with Gasteiger partial charge in [-0.15, -0.1) is 0 Å². The molecule has 0 heterocycles. The van der Waals surface area contributed by atoms with Gasteiger partial charge in [-0.3, -0.25) is 0 Å². The average molecular weight is 493 g/mol. The van der Waals surface area contributed by atoms with E-state index in [-0.39, 0.29) is 0 Å². The molecule has 4 aromatic rings. The van der Waals surface area contributed by atoms with Gasteiger partial charge in [0.2, 0.25) is 0 Å². The Kier molecular flexibility index (Phi) is 6.53. The zero-order valence-corrected chi connectivity index (χ0v) is 21.0. The minimum atomic E-state index is -0.519. The first-order valence-corrected chi connectivity index (χ1v) is 12.3. The van der Waals surface area contributed by atoms with E-state index >= 15 is 0 Å². The van der Waals surface area contributed by atoms with E-state index in [9.17, 15) is 9.59 Å². The molecule has 186 valence electrons. The van der Waals surface area contributed by atoms with Gasteiger partial charge in [0, 0.05) is 33.0 Å². The molecular formula is C32H28O5. The van der Waals surface area contributed by atoms with Gasteiger partial charge in [0.25, 0.3) is 0 Å². The van der Waals surface area contributed by atoms with E-state index in [1.54, 1.807) is 13.8 Å². The maximum absolute atomic E-state index is 12.7. The molecular weight excluding hydrogens is 464 g/mol. The molecule has 1 atom stereocenters. The molecule has 1 aliphatic carbocycles. The van der Waals surface area contributed by atoms with Gasteiger partial charge < -0.3 is 14.2 Å². The molecule has 37 heavy (non-hydrogen) atoms. The molecule has 0 bridgehead atoms. The Morgan fingerprint density at radius 3 is 2.05 bits per heavy atom. The van der Waals surface area contributed by atoms with Crippen LogP contribution in [0.4, 0.5) is 0 Å². The Balaban J connectivity index is 1.70. The van der Waals surface area contributed by atoms with Gasteiger partial charge in [-0.1, -0.05) is 67.8 Å². The maximum Gasteiger partial charge on any atom is 0.338 e. The molecule has 0 saturated heterocycles. The van der Waals surface area contributed by atoms with Crippen LogP contribution in [0.5, 0.6) is 17.2 Å². The van der Waals surface area contributed by atoms with E-state index in [0.29, 0.717) is 52.0 Å². The normalized spacial score (nSPS) is 14.6. The molecule has 0 aliphatic heterocycles. The summed E-state index contributed by atoms with van der Waals surface area (Å²) < 4.78 is 18.4. The van der Waals surface area contributed by atoms with Crippen LogP contribution in [0.1, 0.15) is 43.9 Å². The fourth-order valence-electron chi connectivity index (χ4n) is 4.75. The Bertz CT molecular complexity index is 1580. The highest BCUT2D eigenvalue weighted by molar-refractivity contribution is 6.01. The Labute approximate surface area is 216 Å². The topological polar surface area (TPSA) is 61.8 Å². The Morgan fingerprint density at radius 1 is 0.784 bits per heavy atom. The van der Waals surface area contributed by atoms with E-state index < -0.39 is 18.0 Å². The number of esters is 2. The van der Waals surface area contributed by atoms with Crippen molar-refractivity contribution in [2.45, 2.75) is 39.2 Å². The standard InChI is InChI=1S/C32H28O5/c1-19(2)31(33)36-29-24-12-7-8-13-25(24)30(37-32(34)20(3)4)28-26(29)14-9-15-27(28)35-23-17-16-21-10-5-6-11-22(21)18-23/h5-8,10-13,16-18,27H,1,3,9,14-15H2,2,4H3.